The Balaban J connectivity index is 0.000000333. The van der Waals surface area contributed by atoms with Crippen molar-refractivity contribution in [2.24, 2.45) is 0 Å². The summed E-state index contributed by atoms with van der Waals surface area (Å²) in [4.78, 5) is 78.6. The highest BCUT2D eigenvalue weighted by Crippen LogP contribution is 2.25. The van der Waals surface area contributed by atoms with Crippen molar-refractivity contribution >= 4 is 137 Å². The van der Waals surface area contributed by atoms with Crippen LogP contribution < -0.4 is 30.6 Å². The Morgan fingerprint density at radius 1 is 0.461 bits per heavy atom. The summed E-state index contributed by atoms with van der Waals surface area (Å²) in [6, 6.07) is 42.2. The number of nitrogens with two attached hydrogens (primary N) is 1. The molecule has 0 unspecified atom stereocenters. The molecule has 19 heteroatoms. The second kappa shape index (κ2) is 32.5. The molecule has 7 aromatic carbocycles. The van der Waals surface area contributed by atoms with E-state index in [0.29, 0.717) is 16.9 Å². The van der Waals surface area contributed by atoms with Gasteiger partial charge in [-0.3, -0.25) is 28.8 Å². The fourth-order valence-corrected chi connectivity index (χ4v) is 7.15. The van der Waals surface area contributed by atoms with Crippen LogP contribution >= 0.6 is 79.4 Å². The molecule has 0 atom stereocenters. The molecule has 398 valence electrons. The number of aromatic carboxylic acids is 1. The van der Waals surface area contributed by atoms with Gasteiger partial charge in [-0.2, -0.15) is 0 Å². The number of phenols is 1. The van der Waals surface area contributed by atoms with Crippen LogP contribution in [0.5, 0.6) is 23.0 Å². The minimum absolute atomic E-state index is 0. The predicted molar refractivity (Wildman–Crippen MR) is 322 cm³/mol. The van der Waals surface area contributed by atoms with Crippen molar-refractivity contribution in [3.05, 3.63) is 201 Å². The Bertz CT molecular complexity index is 3060. The molecule has 76 heavy (non-hydrogen) atoms. The molecule has 0 aliphatic rings. The van der Waals surface area contributed by atoms with E-state index in [0.717, 1.165) is 35.1 Å². The molecule has 7 rings (SSSR count). The Morgan fingerprint density at radius 3 is 1.12 bits per heavy atom. The number of hydrogen-bond acceptors (Lipinski definition) is 12. The molecular weight excluding hydrogens is 1330 g/mol. The number of nitrogens with one attached hydrogen (secondary N) is 2. The summed E-state index contributed by atoms with van der Waals surface area (Å²) in [6.45, 7) is 11.1. The fourth-order valence-electron chi connectivity index (χ4n) is 5.92. The van der Waals surface area contributed by atoms with Gasteiger partial charge in [-0.15, -0.1) is 0 Å². The summed E-state index contributed by atoms with van der Waals surface area (Å²) in [5, 5.41) is 23.4. The normalized spacial score (nSPS) is 9.67. The first-order valence-corrected chi connectivity index (χ1v) is 25.7. The van der Waals surface area contributed by atoms with Gasteiger partial charge >= 0.3 is 23.9 Å². The molecule has 0 radical (unpaired) electrons. The minimum Gasteiger partial charge on any atom is -0.507 e. The van der Waals surface area contributed by atoms with E-state index in [1.807, 2.05) is 93.6 Å². The topological polar surface area (TPSA) is 238 Å². The van der Waals surface area contributed by atoms with Gasteiger partial charge in [-0.25, -0.2) is 4.79 Å². The number of amides is 2. The smallest absolute Gasteiger partial charge is 0.339 e. The number of carbonyl (C=O) groups is 7. The quantitative estimate of drug-likeness (QED) is 0.0298. The van der Waals surface area contributed by atoms with Crippen molar-refractivity contribution in [3.8, 4) is 23.0 Å². The lowest BCUT2D eigenvalue weighted by molar-refractivity contribution is -0.132. The van der Waals surface area contributed by atoms with E-state index in [1.54, 1.807) is 61.5 Å². The lowest BCUT2D eigenvalue weighted by atomic mass is 10.1. The fraction of sp³-hybridized carbons (Fsp3) is 0.140. The van der Waals surface area contributed by atoms with Crippen LogP contribution in [0.3, 0.4) is 0 Å². The number of carboxylic acids is 1. The van der Waals surface area contributed by atoms with Gasteiger partial charge in [0.2, 0.25) is 0 Å². The summed E-state index contributed by atoms with van der Waals surface area (Å²) < 4.78 is 18.0. The average Bonchev–Trinajstić information content (AvgIpc) is 3.34. The third kappa shape index (κ3) is 23.8. The first-order valence-electron chi connectivity index (χ1n) is 22.1. The zero-order valence-corrected chi connectivity index (χ0v) is 48.7. The van der Waals surface area contributed by atoms with Crippen molar-refractivity contribution in [2.45, 2.75) is 55.9 Å². The molecule has 2 amide bonds. The number of phenolic OH excluding ortho intramolecular Hbond substituents is 1. The highest BCUT2D eigenvalue weighted by molar-refractivity contribution is 14.1. The molecule has 0 fully saturated rings. The monoisotopic (exact) mass is 1390 g/mol. The van der Waals surface area contributed by atoms with E-state index in [9.17, 15) is 38.7 Å². The van der Waals surface area contributed by atoms with Crippen molar-refractivity contribution < 1.29 is 58.0 Å². The molecule has 0 spiro atoms. The van der Waals surface area contributed by atoms with Crippen molar-refractivity contribution in [1.82, 2.24) is 0 Å². The molecule has 0 heterocycles. The van der Waals surface area contributed by atoms with Crippen LogP contribution in [0.15, 0.2) is 146 Å². The third-order valence-electron chi connectivity index (χ3n) is 9.32. The number of esters is 3. The maximum atomic E-state index is 12.3. The average molecular weight is 1390 g/mol. The molecule has 0 aromatic heterocycles. The van der Waals surface area contributed by atoms with Gasteiger partial charge in [0.25, 0.3) is 17.1 Å². The van der Waals surface area contributed by atoms with Gasteiger partial charge in [0, 0.05) is 48.5 Å². The highest BCUT2D eigenvalue weighted by atomic mass is 127. The highest BCUT2D eigenvalue weighted by Gasteiger charge is 2.16. The van der Waals surface area contributed by atoms with Crippen molar-refractivity contribution in [3.63, 3.8) is 0 Å². The third-order valence-corrected chi connectivity index (χ3v) is 11.7. The van der Waals surface area contributed by atoms with Crippen LogP contribution in [-0.2, 0) is 14.4 Å². The standard InChI is InChI=1S/C16H14INO3.C14H12INO2.C10H9ClO3.C10H10O4.C6H6IN.CH4/c1-10-3-8-15(21-11(2)19)14(9-10)16(20)18-13-6-4-12(17)5-7-13;1-9-2-7-13(17)12(8-9)14(18)16-11-5-3-10(15)4-6-11;1-6-3-4-9(14-7(2)12)8(5-6)10(11)13;1-6-3-4-9(14-7(2)11)8(5-6)10(12)13;7-5-1-3-6(8)4-2-5;/h3-9H,1-2H3,(H,18,20);2-8,17H,1H3,(H,16,18);3-5H,1-2H3;3-5H,1-2H3,(H,12,13);1-4H,8H2;1H4. The van der Waals surface area contributed by atoms with Gasteiger partial charge in [0.1, 0.15) is 28.6 Å². The second-order valence-electron chi connectivity index (χ2n) is 15.9. The molecular formula is C57H55ClI3N3O12. The van der Waals surface area contributed by atoms with E-state index < -0.39 is 29.1 Å². The van der Waals surface area contributed by atoms with E-state index in [4.69, 9.17) is 36.7 Å². The van der Waals surface area contributed by atoms with E-state index in [2.05, 4.69) is 78.4 Å². The predicted octanol–water partition coefficient (Wildman–Crippen LogP) is 13.8. The number of hydrogen-bond donors (Lipinski definition) is 5. The Hall–Kier alpha value is -6.89. The maximum Gasteiger partial charge on any atom is 0.339 e. The number of anilines is 3. The second-order valence-corrected chi connectivity index (χ2v) is 19.9. The van der Waals surface area contributed by atoms with Gasteiger partial charge in [-0.05, 0) is 228 Å². The van der Waals surface area contributed by atoms with E-state index in [-0.39, 0.29) is 58.9 Å². The number of benzene rings is 7. The van der Waals surface area contributed by atoms with E-state index >= 15 is 0 Å². The Labute approximate surface area is 487 Å². The molecule has 15 nitrogen and oxygen atoms in total. The zero-order chi connectivity index (χ0) is 55.9. The van der Waals surface area contributed by atoms with Gasteiger partial charge < -0.3 is 40.8 Å². The van der Waals surface area contributed by atoms with Crippen LogP contribution in [0.4, 0.5) is 17.1 Å². The van der Waals surface area contributed by atoms with Crippen LogP contribution in [0.2, 0.25) is 0 Å². The van der Waals surface area contributed by atoms with Gasteiger partial charge in [-0.1, -0.05) is 53.9 Å². The number of ether oxygens (including phenoxy) is 3. The zero-order valence-electron chi connectivity index (χ0n) is 41.4. The van der Waals surface area contributed by atoms with Crippen LogP contribution in [0.25, 0.3) is 0 Å². The van der Waals surface area contributed by atoms with Crippen LogP contribution in [0.1, 0.15) is 91.9 Å². The maximum absolute atomic E-state index is 12.3. The summed E-state index contributed by atoms with van der Waals surface area (Å²) in [6.07, 6.45) is 0. The lowest BCUT2D eigenvalue weighted by Gasteiger charge is -2.10. The molecule has 6 N–H and O–H groups in total. The minimum atomic E-state index is -1.11. The summed E-state index contributed by atoms with van der Waals surface area (Å²) >= 11 is 12.0. The SMILES string of the molecule is C.CC(=O)Oc1ccc(C)cc1C(=O)Cl.CC(=O)Oc1ccc(C)cc1C(=O)Nc1ccc(I)cc1.CC(=O)Oc1ccc(C)cc1C(=O)O.Cc1ccc(O)c(C(=O)Nc2ccc(I)cc2)c1.Nc1ccc(I)cc1. The molecule has 7 aromatic rings. The lowest BCUT2D eigenvalue weighted by Crippen LogP contribution is -2.15. The molecule has 0 bridgehead atoms. The molecule has 0 saturated heterocycles. The Kier molecular flexibility index (Phi) is 27.9. The number of rotatable bonds is 9. The largest absolute Gasteiger partial charge is 0.507 e. The number of halogens is 4. The number of nitrogen functional groups attached to an aromatic ring is 1. The number of carbonyl (C=O) groups excluding carboxylic acids is 6. The van der Waals surface area contributed by atoms with Gasteiger partial charge in [0.15, 0.2) is 0 Å². The first-order chi connectivity index (χ1) is 35.3. The number of carboxylic acid groups (broad SMARTS) is 1. The number of aryl methyl sites for hydroxylation is 4. The summed E-state index contributed by atoms with van der Waals surface area (Å²) in [5.74, 6) is -2.66. The van der Waals surface area contributed by atoms with Crippen molar-refractivity contribution in [1.29, 1.82) is 0 Å². The Morgan fingerprint density at radius 2 is 0.763 bits per heavy atom. The summed E-state index contributed by atoms with van der Waals surface area (Å²) in [5.41, 5.74) is 12.0. The van der Waals surface area contributed by atoms with Crippen LogP contribution in [-0.4, -0.2) is 51.1 Å². The van der Waals surface area contributed by atoms with Crippen LogP contribution in [0, 0.1) is 38.4 Å². The number of aromatic hydroxyl groups is 1. The van der Waals surface area contributed by atoms with E-state index in [1.165, 1.54) is 42.5 Å². The molecule has 0 aliphatic heterocycles. The first kappa shape index (κ1) is 65.2. The molecule has 0 aliphatic carbocycles. The summed E-state index contributed by atoms with van der Waals surface area (Å²) in [7, 11) is 0. The van der Waals surface area contributed by atoms with Gasteiger partial charge in [0.05, 0.1) is 16.7 Å². The van der Waals surface area contributed by atoms with Crippen molar-refractivity contribution in [2.75, 3.05) is 16.4 Å². The molecule has 0 saturated carbocycles.